The number of para-hydroxylation sites is 1. The number of carbonyl (C=O) groups is 4. The second-order valence-corrected chi connectivity index (χ2v) is 6.59. The topological polar surface area (TPSA) is 90.0 Å². The monoisotopic (exact) mass is 407 g/mol. The molecule has 0 spiro atoms. The molecule has 0 bridgehead atoms. The molecule has 7 nitrogen and oxygen atoms in total. The molecule has 1 atom stereocenters. The molecule has 2 aromatic carbocycles. The lowest BCUT2D eigenvalue weighted by atomic mass is 9.91. The van der Waals surface area contributed by atoms with Gasteiger partial charge in [-0.2, -0.15) is 0 Å². The minimum absolute atomic E-state index is 0.0868. The zero-order valence-corrected chi connectivity index (χ0v) is 16.7. The number of imide groups is 1. The van der Waals surface area contributed by atoms with Crippen molar-refractivity contribution < 1.29 is 28.7 Å². The molecule has 0 fully saturated rings. The van der Waals surface area contributed by atoms with Crippen molar-refractivity contribution in [1.29, 1.82) is 0 Å². The van der Waals surface area contributed by atoms with Gasteiger partial charge in [0.05, 0.1) is 19.4 Å². The Morgan fingerprint density at radius 3 is 2.27 bits per heavy atom. The van der Waals surface area contributed by atoms with E-state index < -0.39 is 29.5 Å². The third-order valence-electron chi connectivity index (χ3n) is 4.70. The number of Topliss-reactive ketones (excluding diaryl/α,β-unsaturated/α-hetero) is 1. The highest BCUT2D eigenvalue weighted by atomic mass is 16.5. The molecule has 1 unspecified atom stereocenters. The summed E-state index contributed by atoms with van der Waals surface area (Å²) < 4.78 is 10.1. The van der Waals surface area contributed by atoms with E-state index >= 15 is 0 Å². The highest BCUT2D eigenvalue weighted by Crippen LogP contribution is 2.28. The number of anilines is 1. The molecule has 30 heavy (non-hydrogen) atoms. The van der Waals surface area contributed by atoms with E-state index in [9.17, 15) is 19.2 Å². The fourth-order valence-corrected chi connectivity index (χ4v) is 3.19. The number of methoxy groups -OCH3 is 1. The van der Waals surface area contributed by atoms with Crippen molar-refractivity contribution in [2.45, 2.75) is 13.3 Å². The number of carbonyl (C=O) groups excluding carboxylic acids is 4. The van der Waals surface area contributed by atoms with Crippen molar-refractivity contribution in [3.05, 3.63) is 71.8 Å². The Labute approximate surface area is 173 Å². The van der Waals surface area contributed by atoms with Crippen molar-refractivity contribution >= 4 is 29.3 Å². The molecule has 1 aliphatic rings. The zero-order chi connectivity index (χ0) is 21.7. The Bertz CT molecular complexity index is 994. The van der Waals surface area contributed by atoms with Gasteiger partial charge in [-0.3, -0.25) is 19.2 Å². The van der Waals surface area contributed by atoms with E-state index in [1.54, 1.807) is 61.5 Å². The molecule has 1 heterocycles. The Balaban J connectivity index is 1.85. The van der Waals surface area contributed by atoms with E-state index in [0.717, 1.165) is 4.90 Å². The van der Waals surface area contributed by atoms with Crippen LogP contribution in [0, 0.1) is 5.92 Å². The van der Waals surface area contributed by atoms with Gasteiger partial charge in [0.1, 0.15) is 11.7 Å². The van der Waals surface area contributed by atoms with Gasteiger partial charge in [-0.05, 0) is 49.7 Å². The molecule has 0 saturated heterocycles. The number of ketones is 1. The number of benzene rings is 2. The first-order chi connectivity index (χ1) is 14.5. The van der Waals surface area contributed by atoms with Crippen LogP contribution >= 0.6 is 0 Å². The van der Waals surface area contributed by atoms with Crippen LogP contribution in [0.3, 0.4) is 0 Å². The summed E-state index contributed by atoms with van der Waals surface area (Å²) in [5, 5.41) is 0. The molecule has 0 N–H and O–H groups in total. The molecule has 7 heteroatoms. The smallest absolute Gasteiger partial charge is 0.317 e. The number of hydrogen-bond acceptors (Lipinski definition) is 6. The molecule has 0 aliphatic carbocycles. The van der Waals surface area contributed by atoms with E-state index in [-0.39, 0.29) is 24.2 Å². The summed E-state index contributed by atoms with van der Waals surface area (Å²) in [4.78, 5) is 51.8. The molecular weight excluding hydrogens is 386 g/mol. The van der Waals surface area contributed by atoms with E-state index in [1.165, 1.54) is 13.2 Å². The van der Waals surface area contributed by atoms with Crippen LogP contribution in [0.2, 0.25) is 0 Å². The summed E-state index contributed by atoms with van der Waals surface area (Å²) in [6.07, 6.45) is 0.945. The van der Waals surface area contributed by atoms with E-state index in [2.05, 4.69) is 0 Å². The molecule has 0 aromatic heterocycles. The lowest BCUT2D eigenvalue weighted by Crippen LogP contribution is -2.32. The predicted molar refractivity (Wildman–Crippen MR) is 109 cm³/mol. The number of amides is 2. The molecule has 2 amide bonds. The van der Waals surface area contributed by atoms with Gasteiger partial charge in [0, 0.05) is 17.2 Å². The largest absolute Gasteiger partial charge is 0.497 e. The maximum Gasteiger partial charge on any atom is 0.317 e. The Morgan fingerprint density at radius 1 is 1.00 bits per heavy atom. The Morgan fingerprint density at radius 2 is 1.67 bits per heavy atom. The number of ether oxygens (including phenoxy) is 2. The van der Waals surface area contributed by atoms with Crippen LogP contribution in [0.5, 0.6) is 5.75 Å². The standard InChI is InChI=1S/C23H21NO6/c1-3-30-23(28)19(21(26)15-9-11-18(29-2)12-10-15)13-16-14-20(25)24(22(16)27)17-7-5-4-6-8-17/h4-12,14,19H,3,13H2,1-2H3. The number of hydrogen-bond donors (Lipinski definition) is 0. The maximum absolute atomic E-state index is 13.0. The number of rotatable bonds is 8. The molecule has 1 aliphatic heterocycles. The number of nitrogens with zero attached hydrogens (tertiary/aromatic N) is 1. The number of esters is 1. The summed E-state index contributed by atoms with van der Waals surface area (Å²) in [5.74, 6) is -2.97. The van der Waals surface area contributed by atoms with Gasteiger partial charge in [0.15, 0.2) is 5.78 Å². The summed E-state index contributed by atoms with van der Waals surface area (Å²) in [5.41, 5.74) is 0.794. The summed E-state index contributed by atoms with van der Waals surface area (Å²) in [7, 11) is 1.51. The lowest BCUT2D eigenvalue weighted by Gasteiger charge is -2.17. The van der Waals surface area contributed by atoms with E-state index in [1.807, 2.05) is 0 Å². The second kappa shape index (κ2) is 9.17. The fourth-order valence-electron chi connectivity index (χ4n) is 3.19. The summed E-state index contributed by atoms with van der Waals surface area (Å²) >= 11 is 0. The SMILES string of the molecule is CCOC(=O)C(CC1=CC(=O)N(c2ccccc2)C1=O)C(=O)c1ccc(OC)cc1. The van der Waals surface area contributed by atoms with Gasteiger partial charge in [0.2, 0.25) is 0 Å². The molecular formula is C23H21NO6. The van der Waals surface area contributed by atoms with Gasteiger partial charge in [-0.1, -0.05) is 18.2 Å². The van der Waals surface area contributed by atoms with Crippen molar-refractivity contribution in [2.24, 2.45) is 5.92 Å². The van der Waals surface area contributed by atoms with Gasteiger partial charge >= 0.3 is 5.97 Å². The zero-order valence-electron chi connectivity index (χ0n) is 16.7. The molecule has 2 aromatic rings. The maximum atomic E-state index is 13.0. The molecule has 154 valence electrons. The van der Waals surface area contributed by atoms with Gasteiger partial charge in [-0.25, -0.2) is 4.90 Å². The van der Waals surface area contributed by atoms with Crippen LogP contribution in [-0.2, 0) is 19.1 Å². The van der Waals surface area contributed by atoms with Crippen LogP contribution in [0.4, 0.5) is 5.69 Å². The first kappa shape index (κ1) is 21.0. The van der Waals surface area contributed by atoms with Crippen molar-refractivity contribution in [2.75, 3.05) is 18.6 Å². The minimum atomic E-state index is -1.24. The third kappa shape index (κ3) is 4.30. The normalized spacial score (nSPS) is 14.3. The quantitative estimate of drug-likeness (QED) is 0.289. The minimum Gasteiger partial charge on any atom is -0.497 e. The molecule has 0 radical (unpaired) electrons. The predicted octanol–water partition coefficient (Wildman–Crippen LogP) is 2.95. The summed E-state index contributed by atoms with van der Waals surface area (Å²) in [6.45, 7) is 1.72. The lowest BCUT2D eigenvalue weighted by molar-refractivity contribution is -0.146. The Hall–Kier alpha value is -3.74. The van der Waals surface area contributed by atoms with Crippen LogP contribution in [0.1, 0.15) is 23.7 Å². The highest BCUT2D eigenvalue weighted by Gasteiger charge is 2.37. The molecule has 3 rings (SSSR count). The molecule has 0 saturated carbocycles. The van der Waals surface area contributed by atoms with Crippen LogP contribution in [0.25, 0.3) is 0 Å². The van der Waals surface area contributed by atoms with Crippen molar-refractivity contribution in [3.8, 4) is 5.75 Å². The van der Waals surface area contributed by atoms with E-state index in [0.29, 0.717) is 11.4 Å². The van der Waals surface area contributed by atoms with Gasteiger partial charge in [-0.15, -0.1) is 0 Å². The second-order valence-electron chi connectivity index (χ2n) is 6.59. The third-order valence-corrected chi connectivity index (χ3v) is 4.70. The van der Waals surface area contributed by atoms with Crippen molar-refractivity contribution in [1.82, 2.24) is 0 Å². The van der Waals surface area contributed by atoms with E-state index in [4.69, 9.17) is 9.47 Å². The van der Waals surface area contributed by atoms with Gasteiger partial charge in [0.25, 0.3) is 11.8 Å². The van der Waals surface area contributed by atoms with Crippen LogP contribution in [0.15, 0.2) is 66.2 Å². The van der Waals surface area contributed by atoms with Gasteiger partial charge < -0.3 is 9.47 Å². The summed E-state index contributed by atoms with van der Waals surface area (Å²) in [6, 6.07) is 14.8. The van der Waals surface area contributed by atoms with Crippen LogP contribution in [-0.4, -0.2) is 37.3 Å². The average Bonchev–Trinajstić information content (AvgIpc) is 3.05. The average molecular weight is 407 g/mol. The first-order valence-electron chi connectivity index (χ1n) is 9.45. The van der Waals surface area contributed by atoms with Crippen molar-refractivity contribution in [3.63, 3.8) is 0 Å². The first-order valence-corrected chi connectivity index (χ1v) is 9.45. The van der Waals surface area contributed by atoms with Crippen LogP contribution < -0.4 is 9.64 Å². The highest BCUT2D eigenvalue weighted by molar-refractivity contribution is 6.30. The Kier molecular flexibility index (Phi) is 6.41. The fraction of sp³-hybridized carbons (Fsp3) is 0.217.